The van der Waals surface area contributed by atoms with Gasteiger partial charge in [-0.3, -0.25) is 4.79 Å². The Balaban J connectivity index is 2.01. The predicted molar refractivity (Wildman–Crippen MR) is 113 cm³/mol. The van der Waals surface area contributed by atoms with Crippen LogP contribution in [0.15, 0.2) is 57.9 Å². The van der Waals surface area contributed by atoms with E-state index in [9.17, 15) is 26.4 Å². The number of aryl methyl sites for hydroxylation is 1. The third kappa shape index (κ3) is 5.62. The van der Waals surface area contributed by atoms with Gasteiger partial charge in [-0.05, 0) is 55.0 Å². The van der Waals surface area contributed by atoms with Crippen molar-refractivity contribution in [1.82, 2.24) is 10.2 Å². The van der Waals surface area contributed by atoms with E-state index in [1.54, 1.807) is 25.1 Å². The lowest BCUT2D eigenvalue weighted by Gasteiger charge is -2.14. The standard InChI is InChI=1S/C20H15BrF3N3O4S/c1-11-8-12(21)6-7-16(11)31-19-15(10-17(26-27-19)20(22,23)24)18(28)25-13-4-3-5-14(9-13)32(2,29)30/h3-10H,1-2H3,(H,25,28). The molecule has 0 saturated heterocycles. The molecule has 1 N–H and O–H groups in total. The van der Waals surface area contributed by atoms with Crippen molar-refractivity contribution in [3.05, 3.63) is 69.8 Å². The number of hydrogen-bond acceptors (Lipinski definition) is 6. The first-order valence-corrected chi connectivity index (χ1v) is 11.5. The van der Waals surface area contributed by atoms with E-state index in [-0.39, 0.29) is 16.3 Å². The Morgan fingerprint density at radius 2 is 1.81 bits per heavy atom. The van der Waals surface area contributed by atoms with E-state index in [0.29, 0.717) is 11.6 Å². The normalized spacial score (nSPS) is 11.8. The van der Waals surface area contributed by atoms with Crippen molar-refractivity contribution in [3.8, 4) is 11.6 Å². The van der Waals surface area contributed by atoms with Gasteiger partial charge >= 0.3 is 6.18 Å². The molecule has 3 aromatic rings. The molecule has 0 aliphatic heterocycles. The highest BCUT2D eigenvalue weighted by Gasteiger charge is 2.35. The molecule has 1 aromatic heterocycles. The van der Waals surface area contributed by atoms with Crippen LogP contribution in [-0.2, 0) is 16.0 Å². The summed E-state index contributed by atoms with van der Waals surface area (Å²) in [7, 11) is -3.56. The lowest BCUT2D eigenvalue weighted by molar-refractivity contribution is -0.141. The highest BCUT2D eigenvalue weighted by atomic mass is 79.9. The largest absolute Gasteiger partial charge is 0.437 e. The maximum Gasteiger partial charge on any atom is 0.435 e. The second-order valence-corrected chi connectivity index (χ2v) is 9.64. The van der Waals surface area contributed by atoms with E-state index in [0.717, 1.165) is 10.7 Å². The zero-order valence-corrected chi connectivity index (χ0v) is 19.0. The van der Waals surface area contributed by atoms with Crippen molar-refractivity contribution in [2.24, 2.45) is 0 Å². The molecule has 7 nitrogen and oxygen atoms in total. The number of anilines is 1. The summed E-state index contributed by atoms with van der Waals surface area (Å²) in [5.41, 5.74) is -1.21. The van der Waals surface area contributed by atoms with Crippen LogP contribution in [-0.4, -0.2) is 30.8 Å². The van der Waals surface area contributed by atoms with Gasteiger partial charge in [-0.15, -0.1) is 10.2 Å². The Hall–Kier alpha value is -2.99. The zero-order chi connectivity index (χ0) is 23.7. The molecule has 1 amide bonds. The summed E-state index contributed by atoms with van der Waals surface area (Å²) in [4.78, 5) is 12.8. The number of ether oxygens (including phenoxy) is 1. The summed E-state index contributed by atoms with van der Waals surface area (Å²) in [5, 5.41) is 8.96. The number of nitrogens with one attached hydrogen (secondary N) is 1. The minimum atomic E-state index is -4.84. The van der Waals surface area contributed by atoms with Crippen LogP contribution in [0.25, 0.3) is 0 Å². The van der Waals surface area contributed by atoms with E-state index < -0.39 is 39.1 Å². The molecule has 2 aromatic carbocycles. The molecule has 0 atom stereocenters. The maximum absolute atomic E-state index is 13.2. The van der Waals surface area contributed by atoms with Crippen LogP contribution < -0.4 is 10.1 Å². The van der Waals surface area contributed by atoms with Crippen molar-refractivity contribution < 1.29 is 31.1 Å². The van der Waals surface area contributed by atoms with Crippen molar-refractivity contribution in [2.45, 2.75) is 18.0 Å². The van der Waals surface area contributed by atoms with Gasteiger partial charge in [0.15, 0.2) is 15.5 Å². The summed E-state index contributed by atoms with van der Waals surface area (Å²) >= 11 is 3.29. The average Bonchev–Trinajstić information content (AvgIpc) is 2.69. The molecule has 1 heterocycles. The number of benzene rings is 2. The van der Waals surface area contributed by atoms with Crippen molar-refractivity contribution >= 4 is 37.4 Å². The molecular formula is C20H15BrF3N3O4S. The van der Waals surface area contributed by atoms with Crippen LogP contribution in [0.2, 0.25) is 0 Å². The van der Waals surface area contributed by atoms with E-state index in [4.69, 9.17) is 4.74 Å². The molecule has 0 unspecified atom stereocenters. The fourth-order valence-electron chi connectivity index (χ4n) is 2.59. The predicted octanol–water partition coefficient (Wildman–Crippen LogP) is 5.01. The minimum Gasteiger partial charge on any atom is -0.437 e. The van der Waals surface area contributed by atoms with Gasteiger partial charge in [0, 0.05) is 16.4 Å². The number of hydrogen-bond donors (Lipinski definition) is 1. The second kappa shape index (κ2) is 8.87. The molecule has 0 aliphatic carbocycles. The molecule has 0 radical (unpaired) electrons. The van der Waals surface area contributed by atoms with Crippen LogP contribution in [0.5, 0.6) is 11.6 Å². The first-order valence-electron chi connectivity index (χ1n) is 8.85. The molecule has 32 heavy (non-hydrogen) atoms. The SMILES string of the molecule is Cc1cc(Br)ccc1Oc1nnc(C(F)(F)F)cc1C(=O)Nc1cccc(S(C)(=O)=O)c1. The number of amides is 1. The summed E-state index contributed by atoms with van der Waals surface area (Å²) < 4.78 is 69.3. The number of rotatable bonds is 5. The molecule has 0 bridgehead atoms. The van der Waals surface area contributed by atoms with Crippen LogP contribution in [0, 0.1) is 6.92 Å². The maximum atomic E-state index is 13.2. The average molecular weight is 530 g/mol. The molecule has 0 saturated carbocycles. The van der Waals surface area contributed by atoms with Gasteiger partial charge in [-0.25, -0.2) is 8.42 Å². The van der Waals surface area contributed by atoms with Crippen molar-refractivity contribution in [2.75, 3.05) is 11.6 Å². The Labute approximate surface area is 189 Å². The number of alkyl halides is 3. The van der Waals surface area contributed by atoms with Crippen LogP contribution in [0.1, 0.15) is 21.6 Å². The van der Waals surface area contributed by atoms with E-state index in [2.05, 4.69) is 31.4 Å². The smallest absolute Gasteiger partial charge is 0.435 e. The number of nitrogens with zero attached hydrogens (tertiary/aromatic N) is 2. The fourth-order valence-corrected chi connectivity index (χ4v) is 3.73. The Kier molecular flexibility index (Phi) is 6.56. The van der Waals surface area contributed by atoms with Gasteiger partial charge in [-0.2, -0.15) is 13.2 Å². The number of aromatic nitrogens is 2. The van der Waals surface area contributed by atoms with Crippen molar-refractivity contribution in [1.29, 1.82) is 0 Å². The van der Waals surface area contributed by atoms with Crippen LogP contribution in [0.3, 0.4) is 0 Å². The lowest BCUT2D eigenvalue weighted by Crippen LogP contribution is -2.18. The quantitative estimate of drug-likeness (QED) is 0.498. The molecule has 0 spiro atoms. The second-order valence-electron chi connectivity index (χ2n) is 6.71. The highest BCUT2D eigenvalue weighted by Crippen LogP contribution is 2.33. The molecular weight excluding hydrogens is 515 g/mol. The fraction of sp³-hybridized carbons (Fsp3) is 0.150. The number of sulfone groups is 1. The Morgan fingerprint density at radius 1 is 1.09 bits per heavy atom. The van der Waals surface area contributed by atoms with E-state index >= 15 is 0 Å². The van der Waals surface area contributed by atoms with E-state index in [1.807, 2.05) is 0 Å². The zero-order valence-electron chi connectivity index (χ0n) is 16.6. The number of carbonyl (C=O) groups is 1. The van der Waals surface area contributed by atoms with Gasteiger partial charge in [0.25, 0.3) is 11.8 Å². The summed E-state index contributed by atoms with van der Waals surface area (Å²) in [6.45, 7) is 1.70. The Morgan fingerprint density at radius 3 is 2.44 bits per heavy atom. The summed E-state index contributed by atoms with van der Waals surface area (Å²) in [6.07, 6.45) is -3.85. The summed E-state index contributed by atoms with van der Waals surface area (Å²) in [5.74, 6) is -1.17. The van der Waals surface area contributed by atoms with E-state index in [1.165, 1.54) is 24.3 Å². The van der Waals surface area contributed by atoms with Gasteiger partial charge in [0.2, 0.25) is 0 Å². The van der Waals surface area contributed by atoms with Crippen LogP contribution >= 0.6 is 15.9 Å². The van der Waals surface area contributed by atoms with Crippen molar-refractivity contribution in [3.63, 3.8) is 0 Å². The molecule has 3 rings (SSSR count). The monoisotopic (exact) mass is 529 g/mol. The van der Waals surface area contributed by atoms with Gasteiger partial charge < -0.3 is 10.1 Å². The van der Waals surface area contributed by atoms with Gasteiger partial charge in [0.05, 0.1) is 4.90 Å². The third-order valence-electron chi connectivity index (χ3n) is 4.16. The molecule has 0 fully saturated rings. The van der Waals surface area contributed by atoms with Gasteiger partial charge in [0.1, 0.15) is 11.3 Å². The number of carbonyl (C=O) groups excluding carboxylic acids is 1. The van der Waals surface area contributed by atoms with Crippen LogP contribution in [0.4, 0.5) is 18.9 Å². The minimum absolute atomic E-state index is 0.0640. The highest BCUT2D eigenvalue weighted by molar-refractivity contribution is 9.10. The third-order valence-corrected chi connectivity index (χ3v) is 5.76. The molecule has 0 aliphatic rings. The first-order chi connectivity index (χ1) is 14.8. The molecule has 12 heteroatoms. The first kappa shape index (κ1) is 23.7. The topological polar surface area (TPSA) is 98.2 Å². The summed E-state index contributed by atoms with van der Waals surface area (Å²) in [6, 6.07) is 10.7. The lowest BCUT2D eigenvalue weighted by atomic mass is 10.2. The molecule has 168 valence electrons. The number of halogens is 4. The van der Waals surface area contributed by atoms with Gasteiger partial charge in [-0.1, -0.05) is 22.0 Å². The Bertz CT molecular complexity index is 1300.